The fraction of sp³-hybridized carbons (Fsp3) is 0.158. The van der Waals surface area contributed by atoms with Crippen LogP contribution in [0.1, 0.15) is 16.1 Å². The molecule has 0 atom stereocenters. The fourth-order valence-corrected chi connectivity index (χ4v) is 2.27. The Bertz CT molecular complexity index is 857. The van der Waals surface area contributed by atoms with Gasteiger partial charge in [-0.2, -0.15) is 0 Å². The Labute approximate surface area is 145 Å². The van der Waals surface area contributed by atoms with Gasteiger partial charge in [0.05, 0.1) is 19.8 Å². The second-order valence-electron chi connectivity index (χ2n) is 5.16. The molecule has 25 heavy (non-hydrogen) atoms. The molecule has 1 heterocycles. The highest BCUT2D eigenvalue weighted by Crippen LogP contribution is 2.29. The van der Waals surface area contributed by atoms with Crippen LogP contribution in [0, 0.1) is 0 Å². The van der Waals surface area contributed by atoms with E-state index in [1.807, 2.05) is 30.3 Å². The molecule has 0 radical (unpaired) electrons. The molecule has 3 aromatic rings. The van der Waals surface area contributed by atoms with Crippen LogP contribution in [0.3, 0.4) is 0 Å². The van der Waals surface area contributed by atoms with Crippen molar-refractivity contribution in [1.29, 1.82) is 0 Å². The first-order chi connectivity index (χ1) is 12.2. The Morgan fingerprint density at radius 2 is 1.88 bits per heavy atom. The topological polar surface area (TPSA) is 70.8 Å². The molecule has 6 nitrogen and oxygen atoms in total. The van der Waals surface area contributed by atoms with Gasteiger partial charge in [0.2, 0.25) is 5.89 Å². The highest BCUT2D eigenvalue weighted by atomic mass is 16.5. The van der Waals surface area contributed by atoms with E-state index in [9.17, 15) is 4.79 Å². The molecule has 0 aliphatic carbocycles. The maximum atomic E-state index is 11.6. The molecule has 1 aromatic heterocycles. The van der Waals surface area contributed by atoms with Crippen molar-refractivity contribution in [3.63, 3.8) is 0 Å². The number of hydrogen-bond acceptors (Lipinski definition) is 6. The van der Waals surface area contributed by atoms with Crippen molar-refractivity contribution in [3.8, 4) is 23.0 Å². The number of esters is 1. The van der Waals surface area contributed by atoms with Gasteiger partial charge >= 0.3 is 5.97 Å². The first kappa shape index (κ1) is 16.6. The van der Waals surface area contributed by atoms with Crippen LogP contribution in [0.15, 0.2) is 59.2 Å². The highest BCUT2D eigenvalue weighted by molar-refractivity contribution is 5.90. The molecule has 0 bridgehead atoms. The molecular formula is C19H17NO5. The molecule has 2 aromatic carbocycles. The number of rotatable bonds is 6. The largest absolute Gasteiger partial charge is 0.493 e. The molecular weight excluding hydrogens is 322 g/mol. The standard InChI is InChI=1S/C19H17NO5/c1-22-17-10-14(19(21)23-2)8-9-16(17)24-11-15-12-25-18(20-15)13-6-4-3-5-7-13/h3-10,12H,11H2,1-2H3. The van der Waals surface area contributed by atoms with Crippen LogP contribution in [0.25, 0.3) is 11.5 Å². The van der Waals surface area contributed by atoms with Crippen molar-refractivity contribution < 1.29 is 23.4 Å². The molecule has 0 saturated heterocycles. The smallest absolute Gasteiger partial charge is 0.337 e. The Morgan fingerprint density at radius 1 is 1.08 bits per heavy atom. The SMILES string of the molecule is COC(=O)c1ccc(OCc2coc(-c3ccccc3)n2)c(OC)c1. The molecule has 0 saturated carbocycles. The van der Waals surface area contributed by atoms with E-state index in [1.54, 1.807) is 24.5 Å². The van der Waals surface area contributed by atoms with Crippen LogP contribution in [0.4, 0.5) is 0 Å². The van der Waals surface area contributed by atoms with E-state index in [2.05, 4.69) is 4.98 Å². The van der Waals surface area contributed by atoms with E-state index >= 15 is 0 Å². The van der Waals surface area contributed by atoms with E-state index in [1.165, 1.54) is 14.2 Å². The Balaban J connectivity index is 1.71. The molecule has 0 spiro atoms. The van der Waals surface area contributed by atoms with Crippen molar-refractivity contribution in [2.24, 2.45) is 0 Å². The first-order valence-corrected chi connectivity index (χ1v) is 7.60. The molecule has 0 aliphatic rings. The normalized spacial score (nSPS) is 10.3. The lowest BCUT2D eigenvalue weighted by molar-refractivity contribution is 0.0600. The quantitative estimate of drug-likeness (QED) is 0.638. The second-order valence-corrected chi connectivity index (χ2v) is 5.16. The number of ether oxygens (including phenoxy) is 3. The fourth-order valence-electron chi connectivity index (χ4n) is 2.27. The predicted octanol–water partition coefficient (Wildman–Crippen LogP) is 3.72. The van der Waals surface area contributed by atoms with E-state index in [4.69, 9.17) is 18.6 Å². The summed E-state index contributed by atoms with van der Waals surface area (Å²) >= 11 is 0. The molecule has 0 amide bonds. The van der Waals surface area contributed by atoms with Gasteiger partial charge in [-0.3, -0.25) is 0 Å². The van der Waals surface area contributed by atoms with Crippen LogP contribution in [0.5, 0.6) is 11.5 Å². The van der Waals surface area contributed by atoms with Gasteiger partial charge in [-0.1, -0.05) is 18.2 Å². The molecule has 3 rings (SSSR count). The maximum Gasteiger partial charge on any atom is 0.337 e. The van der Waals surface area contributed by atoms with E-state index in [0.29, 0.717) is 28.6 Å². The number of carbonyl (C=O) groups excluding carboxylic acids is 1. The number of aromatic nitrogens is 1. The third kappa shape index (κ3) is 3.80. The van der Waals surface area contributed by atoms with Crippen LogP contribution < -0.4 is 9.47 Å². The number of nitrogens with zero attached hydrogens (tertiary/aromatic N) is 1. The van der Waals surface area contributed by atoms with E-state index in [-0.39, 0.29) is 6.61 Å². The first-order valence-electron chi connectivity index (χ1n) is 7.60. The van der Waals surface area contributed by atoms with Gasteiger partial charge in [0, 0.05) is 5.56 Å². The maximum absolute atomic E-state index is 11.6. The van der Waals surface area contributed by atoms with Gasteiger partial charge in [-0.25, -0.2) is 9.78 Å². The van der Waals surface area contributed by atoms with Gasteiger partial charge in [-0.15, -0.1) is 0 Å². The van der Waals surface area contributed by atoms with Crippen molar-refractivity contribution in [2.45, 2.75) is 6.61 Å². The van der Waals surface area contributed by atoms with Crippen molar-refractivity contribution in [1.82, 2.24) is 4.98 Å². The third-order valence-electron chi connectivity index (χ3n) is 3.53. The Morgan fingerprint density at radius 3 is 2.60 bits per heavy atom. The molecule has 0 fully saturated rings. The van der Waals surface area contributed by atoms with E-state index in [0.717, 1.165) is 5.56 Å². The second kappa shape index (κ2) is 7.53. The van der Waals surface area contributed by atoms with Gasteiger partial charge in [-0.05, 0) is 30.3 Å². The van der Waals surface area contributed by atoms with Crippen LogP contribution in [-0.4, -0.2) is 25.2 Å². The highest BCUT2D eigenvalue weighted by Gasteiger charge is 2.13. The zero-order valence-corrected chi connectivity index (χ0v) is 13.9. The van der Waals surface area contributed by atoms with Crippen LogP contribution >= 0.6 is 0 Å². The Hall–Kier alpha value is -3.28. The third-order valence-corrected chi connectivity index (χ3v) is 3.53. The number of hydrogen-bond donors (Lipinski definition) is 0. The molecule has 128 valence electrons. The monoisotopic (exact) mass is 339 g/mol. The van der Waals surface area contributed by atoms with Gasteiger partial charge in [0.25, 0.3) is 0 Å². The lowest BCUT2D eigenvalue weighted by Gasteiger charge is -2.10. The summed E-state index contributed by atoms with van der Waals surface area (Å²) in [6, 6.07) is 14.5. The average molecular weight is 339 g/mol. The van der Waals surface area contributed by atoms with Gasteiger partial charge < -0.3 is 18.6 Å². The zero-order chi connectivity index (χ0) is 17.6. The minimum absolute atomic E-state index is 0.213. The predicted molar refractivity (Wildman–Crippen MR) is 90.6 cm³/mol. The number of methoxy groups -OCH3 is 2. The lowest BCUT2D eigenvalue weighted by atomic mass is 10.2. The Kier molecular flexibility index (Phi) is 4.99. The van der Waals surface area contributed by atoms with Crippen molar-refractivity contribution in [2.75, 3.05) is 14.2 Å². The van der Waals surface area contributed by atoms with E-state index < -0.39 is 5.97 Å². The molecule has 0 aliphatic heterocycles. The minimum Gasteiger partial charge on any atom is -0.493 e. The summed E-state index contributed by atoms with van der Waals surface area (Å²) in [4.78, 5) is 16.0. The summed E-state index contributed by atoms with van der Waals surface area (Å²) in [5.41, 5.74) is 1.94. The summed E-state index contributed by atoms with van der Waals surface area (Å²) in [6.07, 6.45) is 1.55. The molecule has 0 unspecified atom stereocenters. The summed E-state index contributed by atoms with van der Waals surface area (Å²) in [5.74, 6) is 1.04. The number of oxazole rings is 1. The molecule has 0 N–H and O–H groups in total. The van der Waals surface area contributed by atoms with Crippen molar-refractivity contribution >= 4 is 5.97 Å². The zero-order valence-electron chi connectivity index (χ0n) is 13.9. The number of benzene rings is 2. The van der Waals surface area contributed by atoms with Crippen LogP contribution in [-0.2, 0) is 11.3 Å². The van der Waals surface area contributed by atoms with Gasteiger partial charge in [0.1, 0.15) is 18.6 Å². The lowest BCUT2D eigenvalue weighted by Crippen LogP contribution is -2.03. The summed E-state index contributed by atoms with van der Waals surface area (Å²) in [7, 11) is 2.83. The summed E-state index contributed by atoms with van der Waals surface area (Å²) < 4.78 is 21.2. The summed E-state index contributed by atoms with van der Waals surface area (Å²) in [6.45, 7) is 0.213. The summed E-state index contributed by atoms with van der Waals surface area (Å²) in [5, 5.41) is 0. The average Bonchev–Trinajstić information content (AvgIpc) is 3.15. The number of carbonyl (C=O) groups is 1. The minimum atomic E-state index is -0.436. The van der Waals surface area contributed by atoms with Gasteiger partial charge in [0.15, 0.2) is 11.5 Å². The van der Waals surface area contributed by atoms with Crippen molar-refractivity contribution in [3.05, 3.63) is 66.1 Å². The molecule has 6 heteroatoms. The van der Waals surface area contributed by atoms with Crippen LogP contribution in [0.2, 0.25) is 0 Å².